The number of hydrogen-bond acceptors (Lipinski definition) is 3. The van der Waals surface area contributed by atoms with E-state index in [0.29, 0.717) is 18.2 Å². The molecule has 1 aliphatic rings. The maximum Gasteiger partial charge on any atom is 0.155 e. The molecule has 86 valence electrons. The second-order valence-electron chi connectivity index (χ2n) is 3.56. The molecule has 1 heterocycles. The first-order chi connectivity index (χ1) is 7.81. The fourth-order valence-corrected chi connectivity index (χ4v) is 1.84. The summed E-state index contributed by atoms with van der Waals surface area (Å²) in [6.07, 6.45) is 0. The smallest absolute Gasteiger partial charge is 0.155 e. The average molecular weight is 240 g/mol. The summed E-state index contributed by atoms with van der Waals surface area (Å²) in [6.45, 7) is 3.07. The fraction of sp³-hybridized carbons (Fsp3) is 0.364. The van der Waals surface area contributed by atoms with E-state index in [1.807, 2.05) is 24.3 Å². The number of nitrogens with zero attached hydrogens (tertiary/aromatic N) is 2. The Bertz CT molecular complexity index is 371. The van der Waals surface area contributed by atoms with Crippen LogP contribution in [-0.2, 0) is 4.74 Å². The van der Waals surface area contributed by atoms with Crippen molar-refractivity contribution in [1.29, 1.82) is 0 Å². The van der Waals surface area contributed by atoms with Crippen molar-refractivity contribution in [2.45, 2.75) is 0 Å². The van der Waals surface area contributed by atoms with Crippen LogP contribution in [-0.4, -0.2) is 37.0 Å². The van der Waals surface area contributed by atoms with E-state index in [1.165, 1.54) is 0 Å². The van der Waals surface area contributed by atoms with Crippen LogP contribution in [0.1, 0.15) is 5.56 Å². The van der Waals surface area contributed by atoms with Gasteiger partial charge in [-0.15, -0.1) is 0 Å². The number of nitrogens with two attached hydrogens (primary N) is 1. The minimum Gasteiger partial charge on any atom is -0.378 e. The summed E-state index contributed by atoms with van der Waals surface area (Å²) in [5, 5.41) is 4.57. The molecule has 5 heteroatoms. The molecule has 0 spiro atoms. The number of morpholine rings is 1. The molecule has 1 fully saturated rings. The third kappa shape index (κ3) is 2.46. The van der Waals surface area contributed by atoms with Crippen molar-refractivity contribution in [2.75, 3.05) is 26.3 Å². The normalized spacial score (nSPS) is 17.6. The highest BCUT2D eigenvalue weighted by atomic mass is 35.5. The molecule has 1 aromatic carbocycles. The molecule has 0 unspecified atom stereocenters. The quantitative estimate of drug-likeness (QED) is 0.348. The number of amidine groups is 1. The minimum atomic E-state index is 0.710. The molecule has 0 saturated carbocycles. The van der Waals surface area contributed by atoms with E-state index in [-0.39, 0.29) is 0 Å². The largest absolute Gasteiger partial charge is 0.378 e. The Labute approximate surface area is 99.6 Å². The third-order valence-electron chi connectivity index (χ3n) is 2.54. The van der Waals surface area contributed by atoms with E-state index in [4.69, 9.17) is 22.2 Å². The number of ether oxygens (including phenoxy) is 1. The predicted octanol–water partition coefficient (Wildman–Crippen LogP) is 1.29. The van der Waals surface area contributed by atoms with Gasteiger partial charge in [-0.25, -0.2) is 0 Å². The number of halogens is 1. The van der Waals surface area contributed by atoms with E-state index in [1.54, 1.807) is 0 Å². The monoisotopic (exact) mass is 239 g/mol. The Hall–Kier alpha value is -1.26. The van der Waals surface area contributed by atoms with Gasteiger partial charge in [0.25, 0.3) is 0 Å². The minimum absolute atomic E-state index is 0.710. The standard InChI is InChI=1S/C11H14ClN3O/c12-10-3-1-9(2-4-10)11(14-13)15-5-7-16-8-6-15/h1-4H,5-8,13H2/b14-11-. The Morgan fingerprint density at radius 2 is 1.88 bits per heavy atom. The zero-order valence-corrected chi connectivity index (χ0v) is 9.65. The van der Waals surface area contributed by atoms with Crippen molar-refractivity contribution in [3.05, 3.63) is 34.9 Å². The van der Waals surface area contributed by atoms with Crippen LogP contribution in [0.3, 0.4) is 0 Å². The molecule has 4 nitrogen and oxygen atoms in total. The summed E-state index contributed by atoms with van der Waals surface area (Å²) in [5.41, 5.74) is 0.980. The van der Waals surface area contributed by atoms with Crippen LogP contribution < -0.4 is 5.84 Å². The van der Waals surface area contributed by atoms with Gasteiger partial charge in [0.1, 0.15) is 0 Å². The third-order valence-corrected chi connectivity index (χ3v) is 2.79. The van der Waals surface area contributed by atoms with E-state index in [2.05, 4.69) is 10.0 Å². The molecular formula is C11H14ClN3O. The molecule has 1 saturated heterocycles. The summed E-state index contributed by atoms with van der Waals surface area (Å²) < 4.78 is 5.29. The molecule has 0 aliphatic carbocycles. The number of hydrogen-bond donors (Lipinski definition) is 1. The molecule has 16 heavy (non-hydrogen) atoms. The van der Waals surface area contributed by atoms with Crippen molar-refractivity contribution in [2.24, 2.45) is 10.9 Å². The Morgan fingerprint density at radius 1 is 1.25 bits per heavy atom. The van der Waals surface area contributed by atoms with Crippen molar-refractivity contribution >= 4 is 17.4 Å². The molecule has 0 radical (unpaired) electrons. The average Bonchev–Trinajstić information content (AvgIpc) is 2.34. The van der Waals surface area contributed by atoms with Crippen LogP contribution in [0.25, 0.3) is 0 Å². The number of benzene rings is 1. The van der Waals surface area contributed by atoms with Gasteiger partial charge in [-0.3, -0.25) is 0 Å². The first-order valence-corrected chi connectivity index (χ1v) is 5.55. The van der Waals surface area contributed by atoms with Gasteiger partial charge < -0.3 is 15.5 Å². The zero-order chi connectivity index (χ0) is 11.4. The van der Waals surface area contributed by atoms with Gasteiger partial charge in [-0.1, -0.05) is 11.6 Å². The second-order valence-corrected chi connectivity index (χ2v) is 4.00. The Kier molecular flexibility index (Phi) is 3.64. The lowest BCUT2D eigenvalue weighted by molar-refractivity contribution is 0.0682. The van der Waals surface area contributed by atoms with Crippen molar-refractivity contribution < 1.29 is 4.74 Å². The van der Waals surface area contributed by atoms with Gasteiger partial charge in [0.15, 0.2) is 5.84 Å². The van der Waals surface area contributed by atoms with Gasteiger partial charge in [-0.05, 0) is 24.3 Å². The molecular weight excluding hydrogens is 226 g/mol. The summed E-state index contributed by atoms with van der Waals surface area (Å²) in [4.78, 5) is 2.12. The van der Waals surface area contributed by atoms with E-state index in [0.717, 1.165) is 24.5 Å². The summed E-state index contributed by atoms with van der Waals surface area (Å²) >= 11 is 5.84. The number of hydrazone groups is 1. The van der Waals surface area contributed by atoms with E-state index in [9.17, 15) is 0 Å². The summed E-state index contributed by atoms with van der Waals surface area (Å²) in [7, 11) is 0. The molecule has 0 bridgehead atoms. The van der Waals surface area contributed by atoms with Crippen LogP contribution in [0.4, 0.5) is 0 Å². The molecule has 0 atom stereocenters. The number of rotatable bonds is 1. The van der Waals surface area contributed by atoms with Gasteiger partial charge in [0.05, 0.1) is 13.2 Å². The van der Waals surface area contributed by atoms with Crippen LogP contribution in [0.15, 0.2) is 29.4 Å². The zero-order valence-electron chi connectivity index (χ0n) is 8.90. The molecule has 1 aliphatic heterocycles. The first-order valence-electron chi connectivity index (χ1n) is 5.18. The molecule has 2 rings (SSSR count). The van der Waals surface area contributed by atoms with Crippen LogP contribution in [0.2, 0.25) is 5.02 Å². The molecule has 0 amide bonds. The topological polar surface area (TPSA) is 50.8 Å². The maximum atomic E-state index is 5.84. The maximum absolute atomic E-state index is 5.84. The van der Waals surface area contributed by atoms with Gasteiger partial charge in [-0.2, -0.15) is 5.10 Å². The van der Waals surface area contributed by atoms with Crippen molar-refractivity contribution in [3.63, 3.8) is 0 Å². The molecule has 2 N–H and O–H groups in total. The van der Waals surface area contributed by atoms with Crippen LogP contribution in [0, 0.1) is 0 Å². The lowest BCUT2D eigenvalue weighted by Gasteiger charge is -2.29. The Morgan fingerprint density at radius 3 is 2.44 bits per heavy atom. The predicted molar refractivity (Wildman–Crippen MR) is 64.6 cm³/mol. The van der Waals surface area contributed by atoms with Crippen molar-refractivity contribution in [3.8, 4) is 0 Å². The highest BCUT2D eigenvalue weighted by molar-refractivity contribution is 6.30. The van der Waals surface area contributed by atoms with Crippen LogP contribution in [0.5, 0.6) is 0 Å². The second kappa shape index (κ2) is 5.18. The SMILES string of the molecule is N/N=C(/c1ccc(Cl)cc1)N1CCOCC1. The van der Waals surface area contributed by atoms with Gasteiger partial charge in [0, 0.05) is 23.7 Å². The fourth-order valence-electron chi connectivity index (χ4n) is 1.71. The highest BCUT2D eigenvalue weighted by Crippen LogP contribution is 2.12. The molecule has 1 aromatic rings. The summed E-state index contributed by atoms with van der Waals surface area (Å²) in [6, 6.07) is 7.51. The van der Waals surface area contributed by atoms with E-state index < -0.39 is 0 Å². The summed E-state index contributed by atoms with van der Waals surface area (Å²) in [5.74, 6) is 6.24. The van der Waals surface area contributed by atoms with Gasteiger partial charge >= 0.3 is 0 Å². The lowest BCUT2D eigenvalue weighted by Crippen LogP contribution is -2.41. The van der Waals surface area contributed by atoms with E-state index >= 15 is 0 Å². The highest BCUT2D eigenvalue weighted by Gasteiger charge is 2.16. The van der Waals surface area contributed by atoms with Gasteiger partial charge in [0.2, 0.25) is 0 Å². The lowest BCUT2D eigenvalue weighted by atomic mass is 10.2. The first kappa shape index (κ1) is 11.2. The van der Waals surface area contributed by atoms with Crippen LogP contribution >= 0.6 is 11.6 Å². The van der Waals surface area contributed by atoms with Crippen molar-refractivity contribution in [1.82, 2.24) is 4.90 Å². The Balaban J connectivity index is 2.18. The molecule has 0 aromatic heterocycles.